The summed E-state index contributed by atoms with van der Waals surface area (Å²) < 4.78 is 5.29. The lowest BCUT2D eigenvalue weighted by molar-refractivity contribution is -0.145. The van der Waals surface area contributed by atoms with Crippen molar-refractivity contribution in [1.29, 1.82) is 0 Å². The highest BCUT2D eigenvalue weighted by molar-refractivity contribution is 5.95. The van der Waals surface area contributed by atoms with E-state index in [2.05, 4.69) is 6.92 Å². The molecule has 4 heteroatoms. The zero-order chi connectivity index (χ0) is 13.3. The highest BCUT2D eigenvalue weighted by atomic mass is 16.5. The second-order valence-electron chi connectivity index (χ2n) is 4.12. The fourth-order valence-electron chi connectivity index (χ4n) is 1.50. The standard InChI is InChI=1S/C13H22O4/c1-4-6-8-11(7-5-2)17-13(16)10(3)9-12(14)15/h9,11H,4-8H2,1-3H3,(H,14,15)/b10-9-. The van der Waals surface area contributed by atoms with E-state index in [1.165, 1.54) is 6.92 Å². The Balaban J connectivity index is 4.33. The number of carbonyl (C=O) groups excluding carboxylic acids is 1. The quantitative estimate of drug-likeness (QED) is 0.525. The molecular weight excluding hydrogens is 220 g/mol. The number of carboxylic acid groups (broad SMARTS) is 1. The van der Waals surface area contributed by atoms with Gasteiger partial charge in [-0.25, -0.2) is 9.59 Å². The van der Waals surface area contributed by atoms with Crippen LogP contribution in [0, 0.1) is 0 Å². The Morgan fingerprint density at radius 3 is 2.35 bits per heavy atom. The summed E-state index contributed by atoms with van der Waals surface area (Å²) in [5, 5.41) is 8.53. The molecule has 4 nitrogen and oxygen atoms in total. The van der Waals surface area contributed by atoms with Crippen LogP contribution in [0.4, 0.5) is 0 Å². The second kappa shape index (κ2) is 8.79. The molecule has 0 aliphatic rings. The first-order valence-electron chi connectivity index (χ1n) is 6.13. The Morgan fingerprint density at radius 2 is 1.88 bits per heavy atom. The van der Waals surface area contributed by atoms with Crippen LogP contribution in [0.3, 0.4) is 0 Å². The zero-order valence-corrected chi connectivity index (χ0v) is 10.9. The SMILES string of the molecule is CCCCC(CCC)OC(=O)/C(C)=C\C(=O)O. The fourth-order valence-corrected chi connectivity index (χ4v) is 1.50. The molecule has 0 amide bonds. The van der Waals surface area contributed by atoms with Gasteiger partial charge < -0.3 is 9.84 Å². The number of rotatable bonds is 8. The Labute approximate surface area is 103 Å². The van der Waals surface area contributed by atoms with Crippen LogP contribution in [-0.4, -0.2) is 23.1 Å². The van der Waals surface area contributed by atoms with Gasteiger partial charge in [-0.05, 0) is 19.8 Å². The minimum atomic E-state index is -1.12. The third-order valence-corrected chi connectivity index (χ3v) is 2.43. The van der Waals surface area contributed by atoms with E-state index in [1.54, 1.807) is 0 Å². The number of esters is 1. The lowest BCUT2D eigenvalue weighted by Gasteiger charge is -2.17. The van der Waals surface area contributed by atoms with E-state index in [-0.39, 0.29) is 11.7 Å². The van der Waals surface area contributed by atoms with Gasteiger partial charge in [0.2, 0.25) is 0 Å². The maximum atomic E-state index is 11.6. The number of carboxylic acids is 1. The number of unbranched alkanes of at least 4 members (excludes halogenated alkanes) is 1. The summed E-state index contributed by atoms with van der Waals surface area (Å²) in [5.74, 6) is -1.65. The van der Waals surface area contributed by atoms with Gasteiger partial charge in [0.1, 0.15) is 6.10 Å². The van der Waals surface area contributed by atoms with Crippen molar-refractivity contribution in [1.82, 2.24) is 0 Å². The van der Waals surface area contributed by atoms with Gasteiger partial charge in [0, 0.05) is 11.6 Å². The lowest BCUT2D eigenvalue weighted by Crippen LogP contribution is -2.19. The van der Waals surface area contributed by atoms with Crippen LogP contribution < -0.4 is 0 Å². The second-order valence-corrected chi connectivity index (χ2v) is 4.12. The van der Waals surface area contributed by atoms with Crippen molar-refractivity contribution < 1.29 is 19.4 Å². The van der Waals surface area contributed by atoms with Crippen molar-refractivity contribution in [2.24, 2.45) is 0 Å². The van der Waals surface area contributed by atoms with Crippen molar-refractivity contribution in [2.45, 2.75) is 59.0 Å². The van der Waals surface area contributed by atoms with Crippen LogP contribution in [-0.2, 0) is 14.3 Å². The molecule has 0 saturated carbocycles. The molecule has 1 unspecified atom stereocenters. The van der Waals surface area contributed by atoms with Gasteiger partial charge in [-0.1, -0.05) is 33.1 Å². The average molecular weight is 242 g/mol. The molecule has 0 fully saturated rings. The van der Waals surface area contributed by atoms with Gasteiger partial charge >= 0.3 is 11.9 Å². The topological polar surface area (TPSA) is 63.6 Å². The summed E-state index contributed by atoms with van der Waals surface area (Å²) in [5.41, 5.74) is 0.134. The van der Waals surface area contributed by atoms with Crippen LogP contribution >= 0.6 is 0 Å². The number of aliphatic carboxylic acids is 1. The maximum absolute atomic E-state index is 11.6. The molecule has 17 heavy (non-hydrogen) atoms. The molecule has 0 rings (SSSR count). The van der Waals surface area contributed by atoms with Crippen LogP contribution in [0.15, 0.2) is 11.6 Å². The predicted octanol–water partition coefficient (Wildman–Crippen LogP) is 2.92. The van der Waals surface area contributed by atoms with E-state index in [0.29, 0.717) is 0 Å². The van der Waals surface area contributed by atoms with E-state index in [1.807, 2.05) is 6.92 Å². The van der Waals surface area contributed by atoms with Crippen molar-refractivity contribution in [3.63, 3.8) is 0 Å². The summed E-state index contributed by atoms with van der Waals surface area (Å²) in [7, 11) is 0. The van der Waals surface area contributed by atoms with Crippen molar-refractivity contribution in [2.75, 3.05) is 0 Å². The van der Waals surface area contributed by atoms with Crippen molar-refractivity contribution in [3.8, 4) is 0 Å². The van der Waals surface area contributed by atoms with E-state index in [4.69, 9.17) is 9.84 Å². The van der Waals surface area contributed by atoms with Gasteiger partial charge in [0.25, 0.3) is 0 Å². The fraction of sp³-hybridized carbons (Fsp3) is 0.692. The monoisotopic (exact) mass is 242 g/mol. The highest BCUT2D eigenvalue weighted by Crippen LogP contribution is 2.13. The molecule has 0 aliphatic carbocycles. The first-order valence-corrected chi connectivity index (χ1v) is 6.13. The van der Waals surface area contributed by atoms with E-state index in [9.17, 15) is 9.59 Å². The first kappa shape index (κ1) is 15.7. The van der Waals surface area contributed by atoms with Crippen molar-refractivity contribution >= 4 is 11.9 Å². The Kier molecular flexibility index (Phi) is 8.11. The molecule has 0 saturated heterocycles. The zero-order valence-electron chi connectivity index (χ0n) is 10.9. The Hall–Kier alpha value is -1.32. The third-order valence-electron chi connectivity index (χ3n) is 2.43. The Bertz CT molecular complexity index is 281. The third kappa shape index (κ3) is 7.55. The van der Waals surface area contributed by atoms with Crippen molar-refractivity contribution in [3.05, 3.63) is 11.6 Å². The molecule has 0 aromatic carbocycles. The van der Waals surface area contributed by atoms with E-state index < -0.39 is 11.9 Å². The minimum absolute atomic E-state index is 0.0930. The van der Waals surface area contributed by atoms with Gasteiger partial charge in [-0.2, -0.15) is 0 Å². The molecular formula is C13H22O4. The van der Waals surface area contributed by atoms with E-state index >= 15 is 0 Å². The smallest absolute Gasteiger partial charge is 0.334 e. The molecule has 0 aliphatic heterocycles. The average Bonchev–Trinajstić information content (AvgIpc) is 2.25. The molecule has 0 heterocycles. The minimum Gasteiger partial charge on any atom is -0.478 e. The summed E-state index contributed by atoms with van der Waals surface area (Å²) in [6, 6.07) is 0. The summed E-state index contributed by atoms with van der Waals surface area (Å²) in [6.45, 7) is 5.58. The molecule has 0 aromatic heterocycles. The molecule has 0 aromatic rings. The first-order chi connectivity index (χ1) is 8.01. The number of carbonyl (C=O) groups is 2. The molecule has 0 radical (unpaired) electrons. The normalized spacial score (nSPS) is 13.2. The number of hydrogen-bond donors (Lipinski definition) is 1. The highest BCUT2D eigenvalue weighted by Gasteiger charge is 2.15. The summed E-state index contributed by atoms with van der Waals surface area (Å²) >= 11 is 0. The summed E-state index contributed by atoms with van der Waals surface area (Å²) in [4.78, 5) is 22.0. The molecule has 98 valence electrons. The van der Waals surface area contributed by atoms with Gasteiger partial charge in [0.15, 0.2) is 0 Å². The number of hydrogen-bond acceptors (Lipinski definition) is 3. The van der Waals surface area contributed by atoms with Crippen LogP contribution in [0.5, 0.6) is 0 Å². The molecule has 0 spiro atoms. The van der Waals surface area contributed by atoms with Gasteiger partial charge in [0.05, 0.1) is 0 Å². The van der Waals surface area contributed by atoms with Crippen LogP contribution in [0.2, 0.25) is 0 Å². The lowest BCUT2D eigenvalue weighted by atomic mass is 10.1. The number of ether oxygens (including phenoxy) is 1. The predicted molar refractivity (Wildman–Crippen MR) is 65.7 cm³/mol. The molecule has 1 atom stereocenters. The van der Waals surface area contributed by atoms with Crippen LogP contribution in [0.25, 0.3) is 0 Å². The maximum Gasteiger partial charge on any atom is 0.334 e. The van der Waals surface area contributed by atoms with Crippen LogP contribution in [0.1, 0.15) is 52.9 Å². The summed E-state index contributed by atoms with van der Waals surface area (Å²) in [6.07, 6.45) is 5.47. The largest absolute Gasteiger partial charge is 0.478 e. The molecule has 1 N–H and O–H groups in total. The van der Waals surface area contributed by atoms with E-state index in [0.717, 1.165) is 38.2 Å². The van der Waals surface area contributed by atoms with Gasteiger partial charge in [-0.15, -0.1) is 0 Å². The van der Waals surface area contributed by atoms with Gasteiger partial charge in [-0.3, -0.25) is 0 Å². The Morgan fingerprint density at radius 1 is 1.24 bits per heavy atom. The molecule has 0 bridgehead atoms.